The Morgan fingerprint density at radius 1 is 1.20 bits per heavy atom. The van der Waals surface area contributed by atoms with E-state index in [4.69, 9.17) is 9.40 Å². The third-order valence-electron chi connectivity index (χ3n) is 5.93. The van der Waals surface area contributed by atoms with Gasteiger partial charge in [0.2, 0.25) is 11.8 Å². The highest BCUT2D eigenvalue weighted by atomic mass is 32.2. The minimum absolute atomic E-state index is 0.0223. The summed E-state index contributed by atoms with van der Waals surface area (Å²) in [6, 6.07) is 13.3. The van der Waals surface area contributed by atoms with E-state index in [2.05, 4.69) is 5.32 Å². The van der Waals surface area contributed by atoms with E-state index in [0.29, 0.717) is 47.2 Å². The number of fused-ring (bicyclic) bond motifs is 3. The van der Waals surface area contributed by atoms with Gasteiger partial charge >= 0.3 is 0 Å². The second-order valence-electron chi connectivity index (χ2n) is 8.29. The molecule has 8 nitrogen and oxygen atoms in total. The second-order valence-corrected chi connectivity index (χ2v) is 10.3. The van der Waals surface area contributed by atoms with Crippen molar-refractivity contribution in [2.45, 2.75) is 38.1 Å². The van der Waals surface area contributed by atoms with Gasteiger partial charge in [-0.2, -0.15) is 0 Å². The highest BCUT2D eigenvalue weighted by molar-refractivity contribution is 7.99. The Morgan fingerprint density at radius 3 is 2.77 bits per heavy atom. The normalized spacial score (nSPS) is 13.1. The smallest absolute Gasteiger partial charge is 0.263 e. The van der Waals surface area contributed by atoms with Gasteiger partial charge in [-0.3, -0.25) is 19.0 Å². The molecule has 0 radical (unpaired) electrons. The van der Waals surface area contributed by atoms with Crippen LogP contribution in [0.1, 0.15) is 28.7 Å². The average Bonchev–Trinajstić information content (AvgIpc) is 3.51. The molecule has 1 aromatic carbocycles. The van der Waals surface area contributed by atoms with Crippen molar-refractivity contribution in [3.05, 3.63) is 80.8 Å². The van der Waals surface area contributed by atoms with Crippen LogP contribution in [0.5, 0.6) is 0 Å². The van der Waals surface area contributed by atoms with E-state index in [9.17, 15) is 14.4 Å². The van der Waals surface area contributed by atoms with Gasteiger partial charge in [0.05, 0.1) is 30.5 Å². The summed E-state index contributed by atoms with van der Waals surface area (Å²) in [6.45, 7) is 3.31. The molecule has 3 aromatic heterocycles. The Bertz CT molecular complexity index is 1430. The number of aromatic nitrogens is 2. The quantitative estimate of drug-likeness (QED) is 0.304. The van der Waals surface area contributed by atoms with E-state index in [1.807, 2.05) is 36.4 Å². The number of thioether (sulfide) groups is 1. The van der Waals surface area contributed by atoms with Crippen molar-refractivity contribution >= 4 is 45.1 Å². The lowest BCUT2D eigenvalue weighted by Gasteiger charge is -2.25. The van der Waals surface area contributed by atoms with Crippen molar-refractivity contribution in [3.63, 3.8) is 0 Å². The van der Waals surface area contributed by atoms with E-state index in [-0.39, 0.29) is 29.7 Å². The maximum atomic E-state index is 13.7. The van der Waals surface area contributed by atoms with E-state index in [1.54, 1.807) is 28.7 Å². The van der Waals surface area contributed by atoms with E-state index in [0.717, 1.165) is 16.0 Å². The molecule has 0 spiro atoms. The topological polar surface area (TPSA) is 97.4 Å². The Balaban J connectivity index is 1.43. The molecule has 0 saturated heterocycles. The highest BCUT2D eigenvalue weighted by Crippen LogP contribution is 2.34. The van der Waals surface area contributed by atoms with Crippen LogP contribution in [0.15, 0.2) is 63.1 Å². The lowest BCUT2D eigenvalue weighted by molar-refractivity contribution is -0.129. The summed E-state index contributed by atoms with van der Waals surface area (Å²) in [4.78, 5) is 46.3. The number of benzene rings is 1. The maximum absolute atomic E-state index is 13.7. The Kier molecular flexibility index (Phi) is 6.74. The molecule has 4 aromatic rings. The molecule has 5 rings (SSSR count). The lowest BCUT2D eigenvalue weighted by Crippen LogP contribution is -2.34. The minimum atomic E-state index is -0.146. The minimum Gasteiger partial charge on any atom is -0.467 e. The fourth-order valence-corrected chi connectivity index (χ4v) is 6.22. The number of carbonyl (C=O) groups excluding carboxylic acids is 2. The first kappa shape index (κ1) is 23.4. The molecule has 0 bridgehead atoms. The van der Waals surface area contributed by atoms with E-state index >= 15 is 0 Å². The van der Waals surface area contributed by atoms with Crippen molar-refractivity contribution in [3.8, 4) is 0 Å². The zero-order valence-electron chi connectivity index (χ0n) is 19.2. The second kappa shape index (κ2) is 10.1. The number of carbonyl (C=O) groups is 2. The van der Waals surface area contributed by atoms with Gasteiger partial charge in [-0.05, 0) is 29.7 Å². The molecule has 0 atom stereocenters. The molecular weight excluding hydrogens is 484 g/mol. The predicted octanol–water partition coefficient (Wildman–Crippen LogP) is 3.41. The van der Waals surface area contributed by atoms with Gasteiger partial charge in [-0.1, -0.05) is 42.1 Å². The SMILES string of the molecule is CC(=O)N1CCc2c(sc3nc(SCC(=O)NCc4ccccc4)n(Cc4ccco4)c(=O)c23)C1. The first-order chi connectivity index (χ1) is 17.0. The van der Waals surface area contributed by atoms with Gasteiger partial charge in [0.15, 0.2) is 5.16 Å². The fraction of sp³-hybridized carbons (Fsp3) is 0.280. The number of nitrogens with zero attached hydrogens (tertiary/aromatic N) is 3. The zero-order valence-corrected chi connectivity index (χ0v) is 20.8. The predicted molar refractivity (Wildman–Crippen MR) is 135 cm³/mol. The molecule has 4 heterocycles. The van der Waals surface area contributed by atoms with Crippen LogP contribution in [0.2, 0.25) is 0 Å². The van der Waals surface area contributed by atoms with Crippen LogP contribution >= 0.6 is 23.1 Å². The van der Waals surface area contributed by atoms with Crippen molar-refractivity contribution in [1.29, 1.82) is 0 Å². The zero-order chi connectivity index (χ0) is 24.4. The molecule has 1 aliphatic rings. The number of hydrogen-bond donors (Lipinski definition) is 1. The van der Waals surface area contributed by atoms with Gasteiger partial charge in [-0.15, -0.1) is 11.3 Å². The van der Waals surface area contributed by atoms with Crippen molar-refractivity contribution < 1.29 is 14.0 Å². The van der Waals surface area contributed by atoms with Gasteiger partial charge in [-0.25, -0.2) is 4.98 Å². The van der Waals surface area contributed by atoms with Crippen molar-refractivity contribution in [2.24, 2.45) is 0 Å². The Labute approximate surface area is 210 Å². The summed E-state index contributed by atoms with van der Waals surface area (Å²) in [7, 11) is 0. The number of thiophene rings is 1. The number of hydrogen-bond acceptors (Lipinski definition) is 7. The summed E-state index contributed by atoms with van der Waals surface area (Å²) in [5.74, 6) is 0.649. The fourth-order valence-electron chi connectivity index (χ4n) is 4.11. The Hall–Kier alpha value is -3.37. The van der Waals surface area contributed by atoms with Crippen molar-refractivity contribution in [1.82, 2.24) is 19.8 Å². The summed E-state index contributed by atoms with van der Waals surface area (Å²) in [5.41, 5.74) is 1.85. The van der Waals surface area contributed by atoms with Crippen molar-refractivity contribution in [2.75, 3.05) is 12.3 Å². The average molecular weight is 509 g/mol. The summed E-state index contributed by atoms with van der Waals surface area (Å²) >= 11 is 2.68. The molecule has 0 saturated carbocycles. The third kappa shape index (κ3) is 5.03. The van der Waals surface area contributed by atoms with Crippen LogP contribution in [0.3, 0.4) is 0 Å². The van der Waals surface area contributed by atoms with Crippen LogP contribution in [0.4, 0.5) is 0 Å². The molecular formula is C25H24N4O4S2. The molecule has 10 heteroatoms. The maximum Gasteiger partial charge on any atom is 0.263 e. The third-order valence-corrected chi connectivity index (χ3v) is 8.02. The molecule has 0 fully saturated rings. The van der Waals surface area contributed by atoms with Crippen LogP contribution in [-0.4, -0.2) is 38.6 Å². The van der Waals surface area contributed by atoms with Crippen LogP contribution < -0.4 is 10.9 Å². The number of nitrogens with one attached hydrogen (secondary N) is 1. The van der Waals surface area contributed by atoms with E-state index < -0.39 is 0 Å². The molecule has 0 unspecified atom stereocenters. The summed E-state index contributed by atoms with van der Waals surface area (Å²) in [5, 5.41) is 3.99. The summed E-state index contributed by atoms with van der Waals surface area (Å²) < 4.78 is 7.07. The highest BCUT2D eigenvalue weighted by Gasteiger charge is 2.26. The van der Waals surface area contributed by atoms with Gasteiger partial charge in [0.1, 0.15) is 10.6 Å². The number of rotatable bonds is 7. The van der Waals surface area contributed by atoms with Gasteiger partial charge in [0.25, 0.3) is 5.56 Å². The first-order valence-electron chi connectivity index (χ1n) is 11.3. The molecule has 2 amide bonds. The monoisotopic (exact) mass is 508 g/mol. The van der Waals surface area contributed by atoms with Crippen LogP contribution in [0, 0.1) is 0 Å². The Morgan fingerprint density at radius 2 is 2.03 bits per heavy atom. The molecule has 1 aliphatic heterocycles. The molecule has 1 N–H and O–H groups in total. The van der Waals surface area contributed by atoms with Crippen LogP contribution in [0.25, 0.3) is 10.2 Å². The standard InChI is InChI=1S/C25H24N4O4S2/c1-16(30)28-10-9-19-20(14-28)35-23-22(19)24(32)29(13-18-8-5-11-33-18)25(27-23)34-15-21(31)26-12-17-6-3-2-4-7-17/h2-8,11H,9-10,12-15H2,1H3,(H,26,31). The number of amides is 2. The summed E-state index contributed by atoms with van der Waals surface area (Å²) in [6.07, 6.45) is 2.19. The molecule has 0 aliphatic carbocycles. The largest absolute Gasteiger partial charge is 0.467 e. The van der Waals surface area contributed by atoms with E-state index in [1.165, 1.54) is 23.1 Å². The lowest BCUT2D eigenvalue weighted by atomic mass is 10.1. The van der Waals surface area contributed by atoms with Gasteiger partial charge in [0, 0.05) is 24.9 Å². The van der Waals surface area contributed by atoms with Gasteiger partial charge < -0.3 is 14.6 Å². The molecule has 180 valence electrons. The molecule has 35 heavy (non-hydrogen) atoms. The number of furan rings is 1. The van der Waals surface area contributed by atoms with Crippen LogP contribution in [-0.2, 0) is 35.6 Å². The first-order valence-corrected chi connectivity index (χ1v) is 13.1.